The van der Waals surface area contributed by atoms with Crippen LogP contribution in [0, 0.1) is 11.7 Å². The first-order chi connectivity index (χ1) is 10.4. The zero-order valence-electron chi connectivity index (χ0n) is 13.6. The minimum Gasteiger partial charge on any atom is -0.386 e. The van der Waals surface area contributed by atoms with Gasteiger partial charge in [-0.2, -0.15) is 0 Å². The van der Waals surface area contributed by atoms with Crippen LogP contribution in [-0.4, -0.2) is 29.7 Å². The van der Waals surface area contributed by atoms with Crippen molar-refractivity contribution in [3.63, 3.8) is 0 Å². The zero-order valence-corrected chi connectivity index (χ0v) is 16.0. The van der Waals surface area contributed by atoms with Crippen molar-refractivity contribution in [1.29, 1.82) is 0 Å². The first-order valence-corrected chi connectivity index (χ1v) is 9.75. The lowest BCUT2D eigenvalue weighted by Crippen LogP contribution is -2.57. The Morgan fingerprint density at radius 3 is 2.57 bits per heavy atom. The highest BCUT2D eigenvalue weighted by Crippen LogP contribution is 2.40. The summed E-state index contributed by atoms with van der Waals surface area (Å²) in [6.07, 6.45) is 1.42. The van der Waals surface area contributed by atoms with Gasteiger partial charge in [-0.25, -0.2) is 17.8 Å². The number of hydrogen-bond acceptors (Lipinski definition) is 5. The molecule has 2 heterocycles. The third-order valence-electron chi connectivity index (χ3n) is 4.27. The van der Waals surface area contributed by atoms with Crippen LogP contribution in [0.15, 0.2) is 21.9 Å². The highest BCUT2D eigenvalue weighted by Gasteiger charge is 2.52. The molecule has 1 aromatic rings. The molecule has 2 atom stereocenters. The molecule has 1 aliphatic heterocycles. The highest BCUT2D eigenvalue weighted by molar-refractivity contribution is 9.10. The van der Waals surface area contributed by atoms with Gasteiger partial charge in [-0.15, -0.1) is 0 Å². The van der Waals surface area contributed by atoms with Crippen molar-refractivity contribution >= 4 is 31.6 Å². The lowest BCUT2D eigenvalue weighted by atomic mass is 9.92. The van der Waals surface area contributed by atoms with Gasteiger partial charge in [-0.05, 0) is 48.2 Å². The quantitative estimate of drug-likeness (QED) is 0.783. The summed E-state index contributed by atoms with van der Waals surface area (Å²) in [5, 5.41) is 0. The molecular weight excluding hydrogens is 385 g/mol. The summed E-state index contributed by atoms with van der Waals surface area (Å²) in [7, 11) is -3.61. The summed E-state index contributed by atoms with van der Waals surface area (Å²) in [5.74, 6) is -0.723. The van der Waals surface area contributed by atoms with E-state index in [4.69, 9.17) is 5.73 Å². The smallest absolute Gasteiger partial charge is 0.165 e. The number of amidine groups is 1. The second kappa shape index (κ2) is 5.81. The van der Waals surface area contributed by atoms with E-state index in [0.29, 0.717) is 11.0 Å². The summed E-state index contributed by atoms with van der Waals surface area (Å²) < 4.78 is 39.2. The van der Waals surface area contributed by atoms with Crippen LogP contribution in [0.5, 0.6) is 0 Å². The molecule has 2 unspecified atom stereocenters. The highest BCUT2D eigenvalue weighted by atomic mass is 79.9. The second-order valence-electron chi connectivity index (χ2n) is 6.85. The fourth-order valence-electron chi connectivity index (χ4n) is 3.08. The van der Waals surface area contributed by atoms with E-state index in [1.807, 2.05) is 13.8 Å². The second-order valence-corrected chi connectivity index (χ2v) is 10.1. The number of nitrogens with zero attached hydrogens (tertiary/aromatic N) is 2. The molecule has 0 fully saturated rings. The van der Waals surface area contributed by atoms with E-state index in [2.05, 4.69) is 25.9 Å². The molecule has 0 saturated carbocycles. The number of pyridine rings is 1. The van der Waals surface area contributed by atoms with Gasteiger partial charge >= 0.3 is 0 Å². The predicted octanol–water partition coefficient (Wildman–Crippen LogP) is 2.79. The van der Waals surface area contributed by atoms with Crippen LogP contribution in [0.2, 0.25) is 0 Å². The molecule has 0 radical (unpaired) electrons. The van der Waals surface area contributed by atoms with Crippen molar-refractivity contribution in [2.24, 2.45) is 16.6 Å². The largest absolute Gasteiger partial charge is 0.386 e. The van der Waals surface area contributed by atoms with Gasteiger partial charge in [0, 0.05) is 5.56 Å². The summed E-state index contributed by atoms with van der Waals surface area (Å²) in [6.45, 7) is 7.04. The van der Waals surface area contributed by atoms with Gasteiger partial charge in [0.2, 0.25) is 0 Å². The average Bonchev–Trinajstić information content (AvgIpc) is 2.38. The van der Waals surface area contributed by atoms with Crippen LogP contribution in [0.1, 0.15) is 39.7 Å². The first-order valence-electron chi connectivity index (χ1n) is 7.31. The van der Waals surface area contributed by atoms with Gasteiger partial charge in [0.25, 0.3) is 0 Å². The van der Waals surface area contributed by atoms with Crippen molar-refractivity contribution in [3.8, 4) is 0 Å². The van der Waals surface area contributed by atoms with Gasteiger partial charge in [0.15, 0.2) is 9.84 Å². The zero-order chi connectivity index (χ0) is 17.6. The van der Waals surface area contributed by atoms with Crippen molar-refractivity contribution in [3.05, 3.63) is 28.2 Å². The third kappa shape index (κ3) is 3.15. The summed E-state index contributed by atoms with van der Waals surface area (Å²) in [6, 6.07) is 1.45. The van der Waals surface area contributed by atoms with Crippen LogP contribution in [0.25, 0.3) is 0 Å². The Labute approximate surface area is 144 Å². The van der Waals surface area contributed by atoms with Crippen molar-refractivity contribution in [1.82, 2.24) is 4.98 Å². The van der Waals surface area contributed by atoms with E-state index in [9.17, 15) is 12.8 Å². The van der Waals surface area contributed by atoms with E-state index >= 15 is 0 Å². The molecule has 0 spiro atoms. The molecule has 8 heteroatoms. The van der Waals surface area contributed by atoms with E-state index in [1.54, 1.807) is 13.8 Å². The maximum absolute atomic E-state index is 14.2. The molecule has 128 valence electrons. The minimum absolute atomic E-state index is 0.0345. The predicted molar refractivity (Wildman–Crippen MR) is 92.5 cm³/mol. The number of sulfone groups is 1. The Morgan fingerprint density at radius 2 is 2.04 bits per heavy atom. The van der Waals surface area contributed by atoms with Crippen LogP contribution >= 0.6 is 15.9 Å². The van der Waals surface area contributed by atoms with Crippen molar-refractivity contribution in [2.45, 2.75) is 44.4 Å². The van der Waals surface area contributed by atoms with E-state index in [0.717, 1.165) is 6.20 Å². The summed E-state index contributed by atoms with van der Waals surface area (Å²) in [4.78, 5) is 8.22. The molecule has 23 heavy (non-hydrogen) atoms. The molecule has 2 N–H and O–H groups in total. The van der Waals surface area contributed by atoms with Gasteiger partial charge in [-0.3, -0.25) is 4.99 Å². The van der Waals surface area contributed by atoms with Crippen molar-refractivity contribution < 1.29 is 12.8 Å². The maximum atomic E-state index is 14.2. The van der Waals surface area contributed by atoms with Crippen LogP contribution < -0.4 is 5.73 Å². The molecule has 0 aromatic carbocycles. The van der Waals surface area contributed by atoms with Crippen molar-refractivity contribution in [2.75, 3.05) is 5.75 Å². The standard InChI is InChI=1S/C15H21BrFN3O2S/c1-9(2)6-15(4)13(18)20-14(3,8-23(15,21)22)10-5-12(16)19-7-11(10)17/h5,7,9H,6,8H2,1-4H3,(H2,18,20). The first kappa shape index (κ1) is 18.3. The van der Waals surface area contributed by atoms with E-state index in [-0.39, 0.29) is 23.1 Å². The molecule has 5 nitrogen and oxygen atoms in total. The summed E-state index contributed by atoms with van der Waals surface area (Å²) >= 11 is 3.18. The number of aliphatic imine (C=N–C) groups is 1. The minimum atomic E-state index is -3.61. The Hall–Kier alpha value is -1.02. The molecular formula is C15H21BrFN3O2S. The Bertz CT molecular complexity index is 766. The van der Waals surface area contributed by atoms with Gasteiger partial charge < -0.3 is 5.73 Å². The van der Waals surface area contributed by atoms with Gasteiger partial charge in [0.05, 0.1) is 11.9 Å². The Balaban J connectivity index is 2.63. The average molecular weight is 406 g/mol. The Kier molecular flexibility index (Phi) is 4.62. The van der Waals surface area contributed by atoms with E-state index < -0.39 is 25.9 Å². The van der Waals surface area contributed by atoms with Crippen LogP contribution in [0.4, 0.5) is 4.39 Å². The molecule has 0 bridgehead atoms. The topological polar surface area (TPSA) is 85.4 Å². The number of halogens is 2. The number of nitrogens with two attached hydrogens (primary N) is 1. The Morgan fingerprint density at radius 1 is 1.43 bits per heavy atom. The van der Waals surface area contributed by atoms with Crippen LogP contribution in [0.3, 0.4) is 0 Å². The monoisotopic (exact) mass is 405 g/mol. The fraction of sp³-hybridized carbons (Fsp3) is 0.600. The maximum Gasteiger partial charge on any atom is 0.165 e. The SMILES string of the molecule is CC(C)CC1(C)C(N)=NC(C)(c2cc(Br)ncc2F)CS1(=O)=O. The normalized spacial score (nSPS) is 30.3. The molecule has 0 saturated heterocycles. The number of aromatic nitrogens is 1. The fourth-order valence-corrected chi connectivity index (χ4v) is 5.64. The number of hydrogen-bond donors (Lipinski definition) is 1. The van der Waals surface area contributed by atoms with Crippen LogP contribution in [-0.2, 0) is 15.4 Å². The molecule has 0 aliphatic carbocycles. The molecule has 0 amide bonds. The van der Waals surface area contributed by atoms with Gasteiger partial charge in [-0.1, -0.05) is 13.8 Å². The van der Waals surface area contributed by atoms with Gasteiger partial charge in [0.1, 0.15) is 26.5 Å². The molecule has 1 aliphatic rings. The lowest BCUT2D eigenvalue weighted by molar-refractivity contribution is 0.447. The lowest BCUT2D eigenvalue weighted by Gasteiger charge is -2.40. The molecule has 2 rings (SSSR count). The molecule has 1 aromatic heterocycles. The van der Waals surface area contributed by atoms with E-state index in [1.165, 1.54) is 6.07 Å². The third-order valence-corrected chi connectivity index (χ3v) is 7.39. The summed E-state index contributed by atoms with van der Waals surface area (Å²) in [5.41, 5.74) is 4.95. The number of rotatable bonds is 3.